The summed E-state index contributed by atoms with van der Waals surface area (Å²) >= 11 is 0. The van der Waals surface area contributed by atoms with Gasteiger partial charge in [0.05, 0.1) is 11.9 Å². The molecule has 0 saturated carbocycles. The highest BCUT2D eigenvalue weighted by Crippen LogP contribution is 2.20. The largest absolute Gasteiger partial charge is 0.311 e. The first-order valence-corrected chi connectivity index (χ1v) is 8.88. The molecule has 0 aromatic carbocycles. The zero-order valence-electron chi connectivity index (χ0n) is 12.1. The number of aromatic nitrogens is 3. The number of hydrogen-bond acceptors (Lipinski definition) is 5. The lowest BCUT2D eigenvalue weighted by Crippen LogP contribution is -2.40. The fourth-order valence-electron chi connectivity index (χ4n) is 2.50. The average Bonchev–Trinajstić information content (AvgIpc) is 2.83. The lowest BCUT2D eigenvalue weighted by atomic mass is 10.00. The van der Waals surface area contributed by atoms with Gasteiger partial charge in [0.25, 0.3) is 0 Å². The monoisotopic (exact) mass is 301 g/mol. The minimum Gasteiger partial charge on any atom is -0.311 e. The first-order valence-electron chi connectivity index (χ1n) is 7.04. The Balaban J connectivity index is 1.91. The normalized spacial score (nSPS) is 21.2. The van der Waals surface area contributed by atoms with Crippen molar-refractivity contribution in [3.63, 3.8) is 0 Å². The smallest absolute Gasteiger partial charge is 0.211 e. The maximum absolute atomic E-state index is 11.6. The summed E-state index contributed by atoms with van der Waals surface area (Å²) in [4.78, 5) is 0. The third-order valence-electron chi connectivity index (χ3n) is 3.54. The Morgan fingerprint density at radius 3 is 3.00 bits per heavy atom. The van der Waals surface area contributed by atoms with Gasteiger partial charge < -0.3 is 5.32 Å². The van der Waals surface area contributed by atoms with Gasteiger partial charge in [-0.3, -0.25) is 4.68 Å². The predicted molar refractivity (Wildman–Crippen MR) is 76.5 cm³/mol. The first-order chi connectivity index (χ1) is 9.49. The van der Waals surface area contributed by atoms with E-state index in [1.165, 1.54) is 6.26 Å². The van der Waals surface area contributed by atoms with Crippen LogP contribution in [0.5, 0.6) is 0 Å². The van der Waals surface area contributed by atoms with Crippen molar-refractivity contribution in [1.29, 1.82) is 0 Å². The fraction of sp³-hybridized carbons (Fsp3) is 0.833. The van der Waals surface area contributed by atoms with E-state index in [1.54, 1.807) is 4.31 Å². The molecular weight excluding hydrogens is 278 g/mol. The quantitative estimate of drug-likeness (QED) is 0.803. The Kier molecular flexibility index (Phi) is 5.11. The van der Waals surface area contributed by atoms with E-state index in [0.717, 1.165) is 38.2 Å². The zero-order chi connectivity index (χ0) is 14.6. The molecule has 8 heteroatoms. The summed E-state index contributed by atoms with van der Waals surface area (Å²) < 4.78 is 26.6. The SMILES string of the molecule is CCNCc1cn(CC2CCCN(S(C)(=O)=O)C2)nn1. The van der Waals surface area contributed by atoms with Gasteiger partial charge in [-0.25, -0.2) is 12.7 Å². The maximum Gasteiger partial charge on any atom is 0.211 e. The molecule has 1 aliphatic heterocycles. The van der Waals surface area contributed by atoms with Crippen LogP contribution in [0, 0.1) is 5.92 Å². The Labute approximate surface area is 120 Å². The second kappa shape index (κ2) is 6.64. The number of piperidine rings is 1. The number of nitrogens with zero attached hydrogens (tertiary/aromatic N) is 4. The molecule has 2 rings (SSSR count). The molecule has 1 aromatic rings. The van der Waals surface area contributed by atoms with E-state index < -0.39 is 10.0 Å². The average molecular weight is 301 g/mol. The van der Waals surface area contributed by atoms with Crippen LogP contribution in [0.1, 0.15) is 25.5 Å². The Morgan fingerprint density at radius 1 is 1.50 bits per heavy atom. The van der Waals surface area contributed by atoms with Crippen molar-refractivity contribution in [2.45, 2.75) is 32.9 Å². The van der Waals surface area contributed by atoms with Crippen molar-refractivity contribution in [1.82, 2.24) is 24.6 Å². The molecule has 1 saturated heterocycles. The number of nitrogens with one attached hydrogen (secondary N) is 1. The van der Waals surface area contributed by atoms with Crippen molar-refractivity contribution in [2.24, 2.45) is 5.92 Å². The van der Waals surface area contributed by atoms with E-state index in [0.29, 0.717) is 19.0 Å². The van der Waals surface area contributed by atoms with Gasteiger partial charge in [0.1, 0.15) is 0 Å². The van der Waals surface area contributed by atoms with Gasteiger partial charge in [-0.05, 0) is 25.3 Å². The van der Waals surface area contributed by atoms with Gasteiger partial charge in [0.2, 0.25) is 10.0 Å². The van der Waals surface area contributed by atoms with E-state index in [1.807, 2.05) is 17.8 Å². The third kappa shape index (κ3) is 4.26. The molecule has 20 heavy (non-hydrogen) atoms. The molecular formula is C12H23N5O2S. The Morgan fingerprint density at radius 2 is 2.30 bits per heavy atom. The standard InChI is InChI=1S/C12H23N5O2S/c1-3-13-7-12-10-16(15-14-12)8-11-5-4-6-17(9-11)20(2,18)19/h10-11,13H,3-9H2,1-2H3. The van der Waals surface area contributed by atoms with Gasteiger partial charge in [-0.15, -0.1) is 5.10 Å². The lowest BCUT2D eigenvalue weighted by Gasteiger charge is -2.30. The molecule has 7 nitrogen and oxygen atoms in total. The maximum atomic E-state index is 11.6. The minimum absolute atomic E-state index is 0.312. The van der Waals surface area contributed by atoms with Crippen LogP contribution >= 0.6 is 0 Å². The number of sulfonamides is 1. The molecule has 1 fully saturated rings. The molecule has 1 unspecified atom stereocenters. The first kappa shape index (κ1) is 15.4. The number of hydrogen-bond donors (Lipinski definition) is 1. The Bertz CT molecular complexity index is 528. The summed E-state index contributed by atoms with van der Waals surface area (Å²) in [7, 11) is -3.08. The molecule has 0 amide bonds. The number of rotatable bonds is 6. The Hall–Kier alpha value is -0.990. The van der Waals surface area contributed by atoms with Crippen LogP contribution < -0.4 is 5.32 Å². The van der Waals surface area contributed by atoms with Gasteiger partial charge in [0.15, 0.2) is 0 Å². The zero-order valence-corrected chi connectivity index (χ0v) is 12.9. The van der Waals surface area contributed by atoms with Crippen molar-refractivity contribution in [3.05, 3.63) is 11.9 Å². The van der Waals surface area contributed by atoms with Gasteiger partial charge in [-0.1, -0.05) is 12.1 Å². The molecule has 1 N–H and O–H groups in total. The molecule has 0 spiro atoms. The summed E-state index contributed by atoms with van der Waals surface area (Å²) in [6.45, 7) is 5.62. The van der Waals surface area contributed by atoms with E-state index in [-0.39, 0.29) is 0 Å². The predicted octanol–water partition coefficient (Wildman–Crippen LogP) is 0.0592. The van der Waals surface area contributed by atoms with Crippen molar-refractivity contribution < 1.29 is 8.42 Å². The van der Waals surface area contributed by atoms with Crippen LogP contribution in [-0.4, -0.2) is 53.6 Å². The van der Waals surface area contributed by atoms with Gasteiger partial charge in [-0.2, -0.15) is 0 Å². The van der Waals surface area contributed by atoms with Crippen LogP contribution in [0.3, 0.4) is 0 Å². The van der Waals surface area contributed by atoms with Crippen molar-refractivity contribution in [2.75, 3.05) is 25.9 Å². The second-order valence-corrected chi connectivity index (χ2v) is 7.32. The molecule has 114 valence electrons. The molecule has 0 radical (unpaired) electrons. The van der Waals surface area contributed by atoms with Crippen LogP contribution in [0.15, 0.2) is 6.20 Å². The highest BCUT2D eigenvalue weighted by Gasteiger charge is 2.26. The molecule has 1 aromatic heterocycles. The summed E-state index contributed by atoms with van der Waals surface area (Å²) in [5.41, 5.74) is 0.919. The van der Waals surface area contributed by atoms with Gasteiger partial charge in [0, 0.05) is 32.4 Å². The van der Waals surface area contributed by atoms with E-state index in [4.69, 9.17) is 0 Å². The molecule has 1 aliphatic rings. The molecule has 0 aliphatic carbocycles. The van der Waals surface area contributed by atoms with Crippen LogP contribution in [0.2, 0.25) is 0 Å². The topological polar surface area (TPSA) is 80.1 Å². The summed E-state index contributed by atoms with van der Waals surface area (Å²) in [6, 6.07) is 0. The molecule has 2 heterocycles. The second-order valence-electron chi connectivity index (χ2n) is 5.34. The summed E-state index contributed by atoms with van der Waals surface area (Å²) in [6.07, 6.45) is 5.16. The van der Waals surface area contributed by atoms with Crippen molar-refractivity contribution >= 4 is 10.0 Å². The fourth-order valence-corrected chi connectivity index (χ4v) is 3.45. The van der Waals surface area contributed by atoms with E-state index in [9.17, 15) is 8.42 Å². The molecule has 1 atom stereocenters. The summed E-state index contributed by atoms with van der Waals surface area (Å²) in [5, 5.41) is 11.4. The lowest BCUT2D eigenvalue weighted by molar-refractivity contribution is 0.239. The summed E-state index contributed by atoms with van der Waals surface area (Å²) in [5.74, 6) is 0.312. The van der Waals surface area contributed by atoms with Crippen LogP contribution in [0.25, 0.3) is 0 Å². The van der Waals surface area contributed by atoms with Gasteiger partial charge >= 0.3 is 0 Å². The third-order valence-corrected chi connectivity index (χ3v) is 4.81. The van der Waals surface area contributed by atoms with E-state index >= 15 is 0 Å². The highest BCUT2D eigenvalue weighted by atomic mass is 32.2. The van der Waals surface area contributed by atoms with Crippen molar-refractivity contribution in [3.8, 4) is 0 Å². The van der Waals surface area contributed by atoms with Crippen LogP contribution in [0.4, 0.5) is 0 Å². The van der Waals surface area contributed by atoms with Crippen LogP contribution in [-0.2, 0) is 23.1 Å². The van der Waals surface area contributed by atoms with E-state index in [2.05, 4.69) is 15.6 Å². The molecule has 0 bridgehead atoms. The highest BCUT2D eigenvalue weighted by molar-refractivity contribution is 7.88. The minimum atomic E-state index is -3.08.